The molecule has 0 atom stereocenters. The van der Waals surface area contributed by atoms with Gasteiger partial charge in [-0.2, -0.15) is 0 Å². The van der Waals surface area contributed by atoms with Crippen molar-refractivity contribution < 1.29 is 4.42 Å². The quantitative estimate of drug-likeness (QED) is 0.169. The molecule has 11 aromatic rings. The molecule has 0 bridgehead atoms. The Morgan fingerprint density at radius 1 is 0.500 bits per heavy atom. The Labute approximate surface area is 387 Å². The topological polar surface area (TPSA) is 30.1 Å². The first-order chi connectivity index (χ1) is 32.0. The van der Waals surface area contributed by atoms with Crippen LogP contribution < -0.4 is 16.2 Å². The molecule has 0 saturated carbocycles. The molecule has 4 heteroatoms. The van der Waals surface area contributed by atoms with Gasteiger partial charge in [0.1, 0.15) is 11.3 Å². The van der Waals surface area contributed by atoms with Crippen LogP contribution in [0, 0.1) is 0 Å². The van der Waals surface area contributed by atoms with Gasteiger partial charge in [-0.15, -0.1) is 0 Å². The predicted octanol–water partition coefficient (Wildman–Crippen LogP) is 15.7. The van der Waals surface area contributed by atoms with E-state index in [1.807, 2.05) is 0 Å². The molecule has 0 amide bonds. The van der Waals surface area contributed by atoms with E-state index in [-0.39, 0.29) is 10.8 Å². The Morgan fingerprint density at radius 2 is 1.14 bits per heavy atom. The number of nitrogens with zero attached hydrogens (tertiary/aromatic N) is 1. The molecule has 1 radical (unpaired) electrons. The van der Waals surface area contributed by atoms with Gasteiger partial charge in [-0.3, -0.25) is 0 Å². The Morgan fingerprint density at radius 3 is 1.85 bits per heavy atom. The second-order valence-electron chi connectivity index (χ2n) is 20.0. The van der Waals surface area contributed by atoms with Crippen LogP contribution in [0.2, 0.25) is 0 Å². The molecule has 0 aliphatic carbocycles. The fourth-order valence-corrected chi connectivity index (χ4v) is 10.3. The highest BCUT2D eigenvalue weighted by atomic mass is 16.3. The fraction of sp³-hybridized carbons (Fsp3) is 0.129. The molecule has 0 unspecified atom stereocenters. The van der Waals surface area contributed by atoms with Gasteiger partial charge in [0.05, 0.1) is 5.52 Å². The highest BCUT2D eigenvalue weighted by Crippen LogP contribution is 2.47. The summed E-state index contributed by atoms with van der Waals surface area (Å²) in [4.78, 5) is 0. The predicted molar refractivity (Wildman–Crippen MR) is 282 cm³/mol. The van der Waals surface area contributed by atoms with Crippen LogP contribution in [-0.4, -0.2) is 11.8 Å². The average molecular weight is 850 g/mol. The summed E-state index contributed by atoms with van der Waals surface area (Å²) in [5.41, 5.74) is 19.5. The summed E-state index contributed by atoms with van der Waals surface area (Å²) >= 11 is 0. The first kappa shape index (κ1) is 40.0. The average Bonchev–Trinajstić information content (AvgIpc) is 3.89. The van der Waals surface area contributed by atoms with E-state index < -0.39 is 0 Å². The van der Waals surface area contributed by atoms with E-state index in [9.17, 15) is 0 Å². The number of hydrogen-bond acceptors (Lipinski definition) is 2. The van der Waals surface area contributed by atoms with E-state index in [4.69, 9.17) is 4.42 Å². The molecule has 3 nitrogen and oxygen atoms in total. The zero-order valence-electron chi connectivity index (χ0n) is 38.3. The second-order valence-corrected chi connectivity index (χ2v) is 20.0. The van der Waals surface area contributed by atoms with Crippen molar-refractivity contribution in [2.45, 2.75) is 52.4 Å². The maximum Gasteiger partial charge on any atom is 0.198 e. The van der Waals surface area contributed by atoms with Crippen molar-refractivity contribution in [1.82, 2.24) is 4.57 Å². The molecule has 1 aliphatic heterocycles. The number of para-hydroxylation sites is 1. The summed E-state index contributed by atoms with van der Waals surface area (Å²) in [5, 5.41) is 9.95. The van der Waals surface area contributed by atoms with Gasteiger partial charge in [-0.25, -0.2) is 0 Å². The highest BCUT2D eigenvalue weighted by molar-refractivity contribution is 6.74. The van der Waals surface area contributed by atoms with Gasteiger partial charge in [0.2, 0.25) is 0 Å². The van der Waals surface area contributed by atoms with Gasteiger partial charge < -0.3 is 14.3 Å². The standard InChI is InChI=1S/C62H50BN2O/c1-61(2,3)42-28-25-39(26-29-42)47-35-48(46-23-15-16-24-51(46)64-44-32-30-43(31-33-44)62(4,5)6)58-59-57(47)56-45-22-14-13-17-38(45)27-34-52(56)65(59)53-36-49-54(37-50(53)63-58)66-60(41-20-11-8-12-21-41)55(49)40-18-9-7-10-19-40/h7-37,64H,1-6H3. The molecule has 0 fully saturated rings. The van der Waals surface area contributed by atoms with Crippen LogP contribution in [0.4, 0.5) is 11.4 Å². The summed E-state index contributed by atoms with van der Waals surface area (Å²) in [6, 6.07) is 68.9. The number of hydrogen-bond donors (Lipinski definition) is 1. The van der Waals surface area contributed by atoms with Gasteiger partial charge in [-0.05, 0) is 103 Å². The third-order valence-corrected chi connectivity index (χ3v) is 13.7. The van der Waals surface area contributed by atoms with Gasteiger partial charge in [-0.1, -0.05) is 193 Å². The molecule has 66 heavy (non-hydrogen) atoms. The summed E-state index contributed by atoms with van der Waals surface area (Å²) in [6.45, 7) is 13.7. The molecular weight excluding hydrogens is 800 g/mol. The number of aromatic nitrogens is 1. The smallest absolute Gasteiger partial charge is 0.198 e. The van der Waals surface area contributed by atoms with Crippen molar-refractivity contribution in [3.63, 3.8) is 0 Å². The van der Waals surface area contributed by atoms with E-state index >= 15 is 0 Å². The van der Waals surface area contributed by atoms with Gasteiger partial charge in [0.25, 0.3) is 0 Å². The van der Waals surface area contributed by atoms with Gasteiger partial charge >= 0.3 is 0 Å². The molecule has 1 N–H and O–H groups in total. The third kappa shape index (κ3) is 6.50. The molecule has 9 aromatic carbocycles. The number of benzene rings is 9. The fourth-order valence-electron chi connectivity index (χ4n) is 10.3. The molecule has 317 valence electrons. The molecule has 1 aliphatic rings. The minimum atomic E-state index is 0.0295. The maximum atomic E-state index is 6.99. The Kier molecular flexibility index (Phi) is 9.09. The van der Waals surface area contributed by atoms with E-state index in [0.29, 0.717) is 0 Å². The molecule has 3 heterocycles. The lowest BCUT2D eigenvalue weighted by Gasteiger charge is -2.25. The zero-order valence-corrected chi connectivity index (χ0v) is 38.3. The van der Waals surface area contributed by atoms with E-state index in [1.165, 1.54) is 65.9 Å². The summed E-state index contributed by atoms with van der Waals surface area (Å²) in [7, 11) is 2.42. The number of anilines is 2. The van der Waals surface area contributed by atoms with Crippen LogP contribution in [0.25, 0.3) is 93.9 Å². The van der Waals surface area contributed by atoms with Gasteiger partial charge in [0.15, 0.2) is 7.28 Å². The lowest BCUT2D eigenvalue weighted by atomic mass is 9.58. The Hall–Kier alpha value is -7.56. The van der Waals surface area contributed by atoms with E-state index in [0.717, 1.165) is 61.5 Å². The van der Waals surface area contributed by atoms with Crippen molar-refractivity contribution in [2.24, 2.45) is 0 Å². The minimum absolute atomic E-state index is 0.0295. The first-order valence-electron chi connectivity index (χ1n) is 23.2. The van der Waals surface area contributed by atoms with E-state index in [1.54, 1.807) is 0 Å². The van der Waals surface area contributed by atoms with E-state index in [2.05, 4.69) is 247 Å². The SMILES string of the molecule is CC(C)(C)c1ccc(Nc2ccccc2-c2cc(-c3ccc(C(C)(C)C)cc3)c3c4c5ccccc5ccc4n4c3c2[B]c2cc3oc(-c5ccccc5)c(-c5ccccc5)c3cc2-4)cc1. The minimum Gasteiger partial charge on any atom is -0.455 e. The molecule has 2 aromatic heterocycles. The molecular formula is C62H50BN2O. The van der Waals surface area contributed by atoms with Crippen molar-refractivity contribution in [3.05, 3.63) is 199 Å². The lowest BCUT2D eigenvalue weighted by Crippen LogP contribution is -2.37. The number of rotatable bonds is 6. The number of fused-ring (bicyclic) bond motifs is 8. The summed E-state index contributed by atoms with van der Waals surface area (Å²) in [6.07, 6.45) is 0. The second kappa shape index (κ2) is 15.0. The van der Waals surface area contributed by atoms with Crippen LogP contribution in [-0.2, 0) is 10.8 Å². The molecule has 0 spiro atoms. The largest absolute Gasteiger partial charge is 0.455 e. The molecule has 12 rings (SSSR count). The summed E-state index contributed by atoms with van der Waals surface area (Å²) in [5.74, 6) is 0.877. The van der Waals surface area contributed by atoms with Gasteiger partial charge in [0, 0.05) is 55.4 Å². The first-order valence-corrected chi connectivity index (χ1v) is 23.2. The zero-order chi connectivity index (χ0) is 44.9. The van der Waals surface area contributed by atoms with Crippen LogP contribution in [0.3, 0.4) is 0 Å². The maximum absolute atomic E-state index is 6.99. The van der Waals surface area contributed by atoms with Crippen molar-refractivity contribution >= 4 is 73.1 Å². The van der Waals surface area contributed by atoms with Crippen LogP contribution in [0.15, 0.2) is 192 Å². The Balaban J connectivity index is 1.19. The number of furan rings is 1. The number of nitrogens with one attached hydrogen (secondary N) is 1. The normalized spacial score (nSPS) is 12.5. The van der Waals surface area contributed by atoms with Crippen LogP contribution >= 0.6 is 0 Å². The third-order valence-electron chi connectivity index (χ3n) is 13.7. The summed E-state index contributed by atoms with van der Waals surface area (Å²) < 4.78 is 9.55. The Bertz CT molecular complexity index is 3680. The van der Waals surface area contributed by atoms with Crippen molar-refractivity contribution in [3.8, 4) is 50.4 Å². The van der Waals surface area contributed by atoms with Crippen molar-refractivity contribution in [2.75, 3.05) is 5.32 Å². The van der Waals surface area contributed by atoms with Crippen LogP contribution in [0.1, 0.15) is 52.7 Å². The van der Waals surface area contributed by atoms with Crippen LogP contribution in [0.5, 0.6) is 0 Å². The monoisotopic (exact) mass is 849 g/mol. The molecule has 0 saturated heterocycles. The van der Waals surface area contributed by atoms with Crippen molar-refractivity contribution in [1.29, 1.82) is 0 Å². The highest BCUT2D eigenvalue weighted by Gasteiger charge is 2.31. The lowest BCUT2D eigenvalue weighted by molar-refractivity contribution is 0.590.